The SMILES string of the molecule is CNc1ccc(NC2=CC(=O)NC2)cc1C(=O)N(C)C. The number of rotatable bonds is 4. The van der Waals surface area contributed by atoms with Crippen LogP contribution in [0.5, 0.6) is 0 Å². The smallest absolute Gasteiger partial charge is 0.255 e. The van der Waals surface area contributed by atoms with Crippen LogP contribution in [-0.2, 0) is 4.79 Å². The van der Waals surface area contributed by atoms with Gasteiger partial charge in [0.15, 0.2) is 0 Å². The van der Waals surface area contributed by atoms with Gasteiger partial charge >= 0.3 is 0 Å². The van der Waals surface area contributed by atoms with E-state index in [1.165, 1.54) is 11.0 Å². The fourth-order valence-corrected chi connectivity index (χ4v) is 1.97. The summed E-state index contributed by atoms with van der Waals surface area (Å²) < 4.78 is 0. The predicted octanol–water partition coefficient (Wildman–Crippen LogP) is 0.856. The number of hydrogen-bond donors (Lipinski definition) is 3. The number of amides is 2. The summed E-state index contributed by atoms with van der Waals surface area (Å²) in [5.41, 5.74) is 2.91. The molecule has 0 unspecified atom stereocenters. The molecule has 0 saturated heterocycles. The molecular formula is C14H18N4O2. The molecule has 6 nitrogen and oxygen atoms in total. The Morgan fingerprint density at radius 1 is 1.35 bits per heavy atom. The average molecular weight is 274 g/mol. The van der Waals surface area contributed by atoms with Gasteiger partial charge in [0.2, 0.25) is 5.91 Å². The third-order valence-electron chi connectivity index (χ3n) is 2.99. The lowest BCUT2D eigenvalue weighted by Gasteiger charge is -2.16. The van der Waals surface area contributed by atoms with Crippen molar-refractivity contribution in [3.63, 3.8) is 0 Å². The van der Waals surface area contributed by atoms with Gasteiger partial charge in [-0.2, -0.15) is 0 Å². The molecule has 1 aromatic rings. The van der Waals surface area contributed by atoms with Gasteiger partial charge in [-0.15, -0.1) is 0 Å². The zero-order chi connectivity index (χ0) is 14.7. The number of benzene rings is 1. The van der Waals surface area contributed by atoms with Crippen LogP contribution in [0.3, 0.4) is 0 Å². The minimum Gasteiger partial charge on any atom is -0.387 e. The Balaban J connectivity index is 2.27. The maximum Gasteiger partial charge on any atom is 0.255 e. The Bertz CT molecular complexity index is 579. The standard InChI is InChI=1S/C14H18N4O2/c1-15-12-5-4-9(6-11(12)14(20)18(2)3)17-10-7-13(19)16-8-10/h4-7,15,17H,8H2,1-3H3,(H,16,19). The zero-order valence-electron chi connectivity index (χ0n) is 11.8. The molecule has 6 heteroatoms. The number of nitrogens with one attached hydrogen (secondary N) is 3. The average Bonchev–Trinajstić information content (AvgIpc) is 2.83. The quantitative estimate of drug-likeness (QED) is 0.761. The van der Waals surface area contributed by atoms with Crippen LogP contribution in [0.1, 0.15) is 10.4 Å². The van der Waals surface area contributed by atoms with E-state index in [4.69, 9.17) is 0 Å². The van der Waals surface area contributed by atoms with E-state index in [9.17, 15) is 9.59 Å². The van der Waals surface area contributed by atoms with Gasteiger partial charge < -0.3 is 20.9 Å². The summed E-state index contributed by atoms with van der Waals surface area (Å²) in [5.74, 6) is -0.184. The lowest BCUT2D eigenvalue weighted by atomic mass is 10.1. The first-order valence-electron chi connectivity index (χ1n) is 6.30. The highest BCUT2D eigenvalue weighted by Gasteiger charge is 2.15. The molecule has 0 fully saturated rings. The van der Waals surface area contributed by atoms with Crippen LogP contribution >= 0.6 is 0 Å². The predicted molar refractivity (Wildman–Crippen MR) is 78.7 cm³/mol. The molecule has 0 aliphatic carbocycles. The fraction of sp³-hybridized carbons (Fsp3) is 0.286. The van der Waals surface area contributed by atoms with Gasteiger partial charge in [-0.05, 0) is 18.2 Å². The summed E-state index contributed by atoms with van der Waals surface area (Å²) in [4.78, 5) is 24.8. The molecule has 1 aromatic carbocycles. The fourth-order valence-electron chi connectivity index (χ4n) is 1.97. The lowest BCUT2D eigenvalue weighted by Crippen LogP contribution is -2.23. The Labute approximate surface area is 117 Å². The van der Waals surface area contributed by atoms with E-state index in [0.29, 0.717) is 12.1 Å². The number of nitrogens with zero attached hydrogens (tertiary/aromatic N) is 1. The monoisotopic (exact) mass is 274 g/mol. The highest BCUT2D eigenvalue weighted by Crippen LogP contribution is 2.22. The van der Waals surface area contributed by atoms with Crippen LogP contribution in [0.25, 0.3) is 0 Å². The van der Waals surface area contributed by atoms with Gasteiger partial charge in [0.05, 0.1) is 12.1 Å². The van der Waals surface area contributed by atoms with Gasteiger partial charge in [-0.3, -0.25) is 9.59 Å². The van der Waals surface area contributed by atoms with E-state index >= 15 is 0 Å². The third kappa shape index (κ3) is 2.90. The summed E-state index contributed by atoms with van der Waals surface area (Å²) in [6, 6.07) is 5.48. The minimum atomic E-state index is -0.107. The molecule has 2 rings (SSSR count). The van der Waals surface area contributed by atoms with Crippen molar-refractivity contribution in [3.05, 3.63) is 35.5 Å². The molecule has 2 amide bonds. The molecular weight excluding hydrogens is 256 g/mol. The van der Waals surface area contributed by atoms with Crippen molar-refractivity contribution in [2.24, 2.45) is 0 Å². The second-order valence-electron chi connectivity index (χ2n) is 4.72. The molecule has 1 aliphatic heterocycles. The van der Waals surface area contributed by atoms with Crippen molar-refractivity contribution < 1.29 is 9.59 Å². The van der Waals surface area contributed by atoms with Gasteiger partial charge in [0, 0.05) is 44.3 Å². The highest BCUT2D eigenvalue weighted by molar-refractivity contribution is 6.00. The van der Waals surface area contributed by atoms with Crippen molar-refractivity contribution in [2.75, 3.05) is 38.3 Å². The van der Waals surface area contributed by atoms with Gasteiger partial charge in [0.25, 0.3) is 5.91 Å². The first-order chi connectivity index (χ1) is 9.51. The maximum absolute atomic E-state index is 12.1. The van der Waals surface area contributed by atoms with E-state index in [2.05, 4.69) is 16.0 Å². The van der Waals surface area contributed by atoms with Gasteiger partial charge in [-0.25, -0.2) is 0 Å². The Morgan fingerprint density at radius 3 is 2.65 bits per heavy atom. The second-order valence-corrected chi connectivity index (χ2v) is 4.72. The molecule has 0 atom stereocenters. The lowest BCUT2D eigenvalue weighted by molar-refractivity contribution is -0.115. The highest BCUT2D eigenvalue weighted by atomic mass is 16.2. The van der Waals surface area contributed by atoms with E-state index in [1.54, 1.807) is 27.2 Å². The largest absolute Gasteiger partial charge is 0.387 e. The van der Waals surface area contributed by atoms with Gasteiger partial charge in [0.1, 0.15) is 0 Å². The molecule has 0 saturated carbocycles. The summed E-state index contributed by atoms with van der Waals surface area (Å²) in [6.07, 6.45) is 1.51. The first-order valence-corrected chi connectivity index (χ1v) is 6.30. The summed E-state index contributed by atoms with van der Waals surface area (Å²) in [6.45, 7) is 0.476. The maximum atomic E-state index is 12.1. The zero-order valence-corrected chi connectivity index (χ0v) is 11.8. The molecule has 106 valence electrons. The van der Waals surface area contributed by atoms with Crippen molar-refractivity contribution in [1.29, 1.82) is 0 Å². The molecule has 0 spiro atoms. The van der Waals surface area contributed by atoms with Crippen LogP contribution in [0, 0.1) is 0 Å². The second kappa shape index (κ2) is 5.64. The Morgan fingerprint density at radius 2 is 2.10 bits per heavy atom. The summed E-state index contributed by atoms with van der Waals surface area (Å²) in [7, 11) is 5.20. The molecule has 0 radical (unpaired) electrons. The minimum absolute atomic E-state index is 0.0763. The van der Waals surface area contributed by atoms with Crippen molar-refractivity contribution >= 4 is 23.2 Å². The van der Waals surface area contributed by atoms with Crippen molar-refractivity contribution in [2.45, 2.75) is 0 Å². The first kappa shape index (κ1) is 13.9. The molecule has 1 aliphatic rings. The molecule has 1 heterocycles. The van der Waals surface area contributed by atoms with E-state index < -0.39 is 0 Å². The van der Waals surface area contributed by atoms with Crippen LogP contribution in [0.2, 0.25) is 0 Å². The molecule has 3 N–H and O–H groups in total. The number of carbonyl (C=O) groups is 2. The number of carbonyl (C=O) groups excluding carboxylic acids is 2. The van der Waals surface area contributed by atoms with E-state index in [0.717, 1.165) is 17.1 Å². The van der Waals surface area contributed by atoms with Crippen LogP contribution in [-0.4, -0.2) is 44.4 Å². The Kier molecular flexibility index (Phi) is 3.93. The summed E-state index contributed by atoms with van der Waals surface area (Å²) >= 11 is 0. The molecule has 20 heavy (non-hydrogen) atoms. The Hall–Kier alpha value is -2.50. The van der Waals surface area contributed by atoms with E-state index in [-0.39, 0.29) is 11.8 Å². The van der Waals surface area contributed by atoms with Crippen molar-refractivity contribution in [3.8, 4) is 0 Å². The molecule has 0 aromatic heterocycles. The summed E-state index contributed by atoms with van der Waals surface area (Å²) in [5, 5.41) is 8.83. The third-order valence-corrected chi connectivity index (χ3v) is 2.99. The topological polar surface area (TPSA) is 73.5 Å². The van der Waals surface area contributed by atoms with E-state index in [1.807, 2.05) is 12.1 Å². The normalized spacial score (nSPS) is 13.6. The van der Waals surface area contributed by atoms with Gasteiger partial charge in [-0.1, -0.05) is 0 Å². The van der Waals surface area contributed by atoms with Crippen LogP contribution < -0.4 is 16.0 Å². The van der Waals surface area contributed by atoms with Crippen LogP contribution in [0.4, 0.5) is 11.4 Å². The number of hydrogen-bond acceptors (Lipinski definition) is 4. The van der Waals surface area contributed by atoms with Crippen molar-refractivity contribution in [1.82, 2.24) is 10.2 Å². The number of anilines is 2. The molecule has 0 bridgehead atoms. The van der Waals surface area contributed by atoms with Crippen LogP contribution in [0.15, 0.2) is 30.0 Å².